The van der Waals surface area contributed by atoms with E-state index < -0.39 is 11.7 Å². The van der Waals surface area contributed by atoms with Gasteiger partial charge in [-0.25, -0.2) is 4.79 Å². The van der Waals surface area contributed by atoms with E-state index in [1.165, 1.54) is 6.07 Å². The van der Waals surface area contributed by atoms with Gasteiger partial charge in [0.2, 0.25) is 6.79 Å². The Labute approximate surface area is 110 Å². The molecule has 0 unspecified atom stereocenters. The first-order valence-corrected chi connectivity index (χ1v) is 5.78. The first-order valence-electron chi connectivity index (χ1n) is 5.78. The highest BCUT2D eigenvalue weighted by atomic mass is 16.7. The van der Waals surface area contributed by atoms with Crippen molar-refractivity contribution in [1.82, 2.24) is 0 Å². The molecule has 1 N–H and O–H groups in total. The van der Waals surface area contributed by atoms with Crippen LogP contribution in [0.25, 0.3) is 0 Å². The molecule has 102 valence electrons. The van der Waals surface area contributed by atoms with Crippen LogP contribution in [0.4, 0.5) is 10.5 Å². The number of hydrogen-bond donors (Lipinski definition) is 1. The zero-order chi connectivity index (χ0) is 14.0. The van der Waals surface area contributed by atoms with Gasteiger partial charge in [0.25, 0.3) is 0 Å². The molecule has 1 aliphatic heterocycles. The van der Waals surface area contributed by atoms with Gasteiger partial charge < -0.3 is 14.2 Å². The van der Waals surface area contributed by atoms with Gasteiger partial charge in [-0.2, -0.15) is 0 Å². The van der Waals surface area contributed by atoms with Crippen molar-refractivity contribution < 1.29 is 23.8 Å². The summed E-state index contributed by atoms with van der Waals surface area (Å²) in [6.45, 7) is 5.34. The minimum absolute atomic E-state index is 0.0562. The first kappa shape index (κ1) is 13.2. The third kappa shape index (κ3) is 3.15. The highest BCUT2D eigenvalue weighted by Crippen LogP contribution is 2.40. The normalized spacial score (nSPS) is 13.0. The highest BCUT2D eigenvalue weighted by molar-refractivity contribution is 5.91. The lowest BCUT2D eigenvalue weighted by molar-refractivity contribution is 0.0635. The van der Waals surface area contributed by atoms with Crippen LogP contribution in [0.1, 0.15) is 31.1 Å². The highest BCUT2D eigenvalue weighted by Gasteiger charge is 2.23. The Morgan fingerprint density at radius 2 is 2.11 bits per heavy atom. The zero-order valence-electron chi connectivity index (χ0n) is 11.0. The maximum Gasteiger partial charge on any atom is 0.412 e. The largest absolute Gasteiger partial charge is 0.453 e. The number of carbonyl (C=O) groups is 2. The van der Waals surface area contributed by atoms with Crippen molar-refractivity contribution in [3.8, 4) is 11.5 Å². The molecule has 1 amide bonds. The van der Waals surface area contributed by atoms with Crippen LogP contribution >= 0.6 is 0 Å². The van der Waals surface area contributed by atoms with Crippen molar-refractivity contribution in [3.63, 3.8) is 0 Å². The maximum atomic E-state index is 11.7. The molecule has 0 spiro atoms. The fraction of sp³-hybridized carbons (Fsp3) is 0.385. The van der Waals surface area contributed by atoms with Crippen molar-refractivity contribution in [2.75, 3.05) is 12.1 Å². The summed E-state index contributed by atoms with van der Waals surface area (Å²) < 4.78 is 15.6. The van der Waals surface area contributed by atoms with E-state index in [1.54, 1.807) is 26.8 Å². The van der Waals surface area contributed by atoms with Gasteiger partial charge >= 0.3 is 6.09 Å². The van der Waals surface area contributed by atoms with Crippen molar-refractivity contribution in [2.45, 2.75) is 26.4 Å². The molecule has 1 aromatic rings. The van der Waals surface area contributed by atoms with E-state index in [1.807, 2.05) is 0 Å². The summed E-state index contributed by atoms with van der Waals surface area (Å²) >= 11 is 0. The standard InChI is InChI=1S/C13H15NO5/c1-13(2,3)19-12(16)14-9-4-8(6-15)5-10-11(9)18-7-17-10/h4-6H,7H2,1-3H3,(H,14,16). The number of anilines is 1. The second-order valence-electron chi connectivity index (χ2n) is 5.05. The van der Waals surface area contributed by atoms with Crippen LogP contribution in [0.15, 0.2) is 12.1 Å². The van der Waals surface area contributed by atoms with Crippen LogP contribution in [0.5, 0.6) is 11.5 Å². The van der Waals surface area contributed by atoms with Crippen LogP contribution in [0.3, 0.4) is 0 Å². The third-order valence-corrected chi connectivity index (χ3v) is 2.27. The molecule has 1 aliphatic rings. The minimum atomic E-state index is -0.617. The van der Waals surface area contributed by atoms with Gasteiger partial charge in [0, 0.05) is 5.56 Å². The third-order valence-electron chi connectivity index (χ3n) is 2.27. The van der Waals surface area contributed by atoms with Crippen molar-refractivity contribution in [2.24, 2.45) is 0 Å². The number of benzene rings is 1. The van der Waals surface area contributed by atoms with Gasteiger partial charge in [0.15, 0.2) is 11.5 Å². The van der Waals surface area contributed by atoms with Crippen molar-refractivity contribution in [1.29, 1.82) is 0 Å². The Balaban J connectivity index is 2.23. The summed E-state index contributed by atoms with van der Waals surface area (Å²) in [5, 5.41) is 2.55. The molecule has 19 heavy (non-hydrogen) atoms. The number of nitrogens with one attached hydrogen (secondary N) is 1. The maximum absolute atomic E-state index is 11.7. The Morgan fingerprint density at radius 3 is 2.74 bits per heavy atom. The molecular formula is C13H15NO5. The summed E-state index contributed by atoms with van der Waals surface area (Å²) in [5.74, 6) is 0.826. The van der Waals surface area contributed by atoms with Gasteiger partial charge in [0.1, 0.15) is 11.9 Å². The van der Waals surface area contributed by atoms with Gasteiger partial charge in [-0.05, 0) is 32.9 Å². The van der Waals surface area contributed by atoms with E-state index in [0.29, 0.717) is 29.0 Å². The molecule has 0 radical (unpaired) electrons. The lowest BCUT2D eigenvalue weighted by Gasteiger charge is -2.20. The average Bonchev–Trinajstić information content (AvgIpc) is 2.74. The molecule has 1 heterocycles. The summed E-state index contributed by atoms with van der Waals surface area (Å²) in [4.78, 5) is 22.5. The molecular weight excluding hydrogens is 250 g/mol. The van der Waals surface area contributed by atoms with Crippen molar-refractivity contribution >= 4 is 18.1 Å². The van der Waals surface area contributed by atoms with Gasteiger partial charge in [-0.1, -0.05) is 0 Å². The van der Waals surface area contributed by atoms with Gasteiger partial charge in [-0.15, -0.1) is 0 Å². The predicted octanol–water partition coefficient (Wildman–Crippen LogP) is 2.57. The molecule has 0 atom stereocenters. The molecule has 1 aromatic carbocycles. The molecule has 0 bridgehead atoms. The molecule has 6 heteroatoms. The van der Waals surface area contributed by atoms with Crippen molar-refractivity contribution in [3.05, 3.63) is 17.7 Å². The lowest BCUT2D eigenvalue weighted by Crippen LogP contribution is -2.27. The number of ether oxygens (including phenoxy) is 3. The number of aldehydes is 1. The van der Waals surface area contributed by atoms with E-state index in [9.17, 15) is 9.59 Å². The monoisotopic (exact) mass is 265 g/mol. The van der Waals surface area contributed by atoms with Gasteiger partial charge in [-0.3, -0.25) is 10.1 Å². The van der Waals surface area contributed by atoms with E-state index in [-0.39, 0.29) is 6.79 Å². The second-order valence-corrected chi connectivity index (χ2v) is 5.05. The summed E-state index contributed by atoms with van der Waals surface area (Å²) in [5.41, 5.74) is 0.133. The second kappa shape index (κ2) is 4.79. The molecule has 0 aromatic heterocycles. The molecule has 0 fully saturated rings. The Hall–Kier alpha value is -2.24. The van der Waals surface area contributed by atoms with Crippen LogP contribution in [0, 0.1) is 0 Å². The number of carbonyl (C=O) groups excluding carboxylic acids is 2. The molecule has 2 rings (SSSR count). The SMILES string of the molecule is CC(C)(C)OC(=O)Nc1cc(C=O)cc2c1OCO2. The topological polar surface area (TPSA) is 73.9 Å². The number of rotatable bonds is 2. The van der Waals surface area contributed by atoms with Crippen LogP contribution in [-0.4, -0.2) is 24.8 Å². The predicted molar refractivity (Wildman–Crippen MR) is 67.8 cm³/mol. The Kier molecular flexibility index (Phi) is 3.33. The quantitative estimate of drug-likeness (QED) is 0.832. The summed E-state index contributed by atoms with van der Waals surface area (Å²) in [6.07, 6.45) is 0.0515. The number of amides is 1. The van der Waals surface area contributed by atoms with Crippen LogP contribution < -0.4 is 14.8 Å². The van der Waals surface area contributed by atoms with Gasteiger partial charge in [0.05, 0.1) is 5.69 Å². The van der Waals surface area contributed by atoms with Crippen LogP contribution in [0.2, 0.25) is 0 Å². The molecule has 0 saturated heterocycles. The minimum Gasteiger partial charge on any atom is -0.453 e. The fourth-order valence-electron chi connectivity index (χ4n) is 1.61. The smallest absolute Gasteiger partial charge is 0.412 e. The van der Waals surface area contributed by atoms with E-state index in [0.717, 1.165) is 0 Å². The molecule has 6 nitrogen and oxygen atoms in total. The Bertz CT molecular complexity index is 519. The molecule has 0 saturated carbocycles. The Morgan fingerprint density at radius 1 is 1.37 bits per heavy atom. The van der Waals surface area contributed by atoms with E-state index >= 15 is 0 Å². The molecule has 0 aliphatic carbocycles. The average molecular weight is 265 g/mol. The number of hydrogen-bond acceptors (Lipinski definition) is 5. The van der Waals surface area contributed by atoms with E-state index in [4.69, 9.17) is 14.2 Å². The zero-order valence-corrected chi connectivity index (χ0v) is 11.0. The summed E-state index contributed by atoms with van der Waals surface area (Å²) in [6, 6.07) is 3.06. The fourth-order valence-corrected chi connectivity index (χ4v) is 1.61. The van der Waals surface area contributed by atoms with E-state index in [2.05, 4.69) is 5.32 Å². The lowest BCUT2D eigenvalue weighted by atomic mass is 10.2. The number of fused-ring (bicyclic) bond motifs is 1. The van der Waals surface area contributed by atoms with Crippen LogP contribution in [-0.2, 0) is 4.74 Å². The summed E-state index contributed by atoms with van der Waals surface area (Å²) in [7, 11) is 0. The first-order chi connectivity index (χ1) is 8.89.